The van der Waals surface area contributed by atoms with Gasteiger partial charge in [-0.15, -0.1) is 29.1 Å². The summed E-state index contributed by atoms with van der Waals surface area (Å²) in [5, 5.41) is 12.0. The zero-order valence-electron chi connectivity index (χ0n) is 26.5. The van der Waals surface area contributed by atoms with Gasteiger partial charge in [0.1, 0.15) is 5.76 Å². The van der Waals surface area contributed by atoms with Crippen LogP contribution in [0.25, 0.3) is 33.2 Å². The summed E-state index contributed by atoms with van der Waals surface area (Å²) in [4.78, 5) is 16.3. The number of rotatable bonds is 2. The van der Waals surface area contributed by atoms with Crippen LogP contribution in [0.15, 0.2) is 78.7 Å². The molecule has 3 nitrogen and oxygen atoms in total. The number of pyridine rings is 1. The van der Waals surface area contributed by atoms with Crippen LogP contribution in [0, 0.1) is 16.9 Å². The topological polar surface area (TPSA) is 50.2 Å². The van der Waals surface area contributed by atoms with Crippen molar-refractivity contribution in [2.75, 3.05) is 0 Å². The molecule has 0 fully saturated rings. The van der Waals surface area contributed by atoms with Crippen LogP contribution in [-0.2, 0) is 43.2 Å². The molecule has 1 N–H and O–H groups in total. The Kier molecular flexibility index (Phi) is 10.1. The first-order valence-electron chi connectivity index (χ1n) is 14.5. The first-order chi connectivity index (χ1) is 19.1. The Bertz CT molecular complexity index is 1610. The molecule has 1 aliphatic carbocycles. The second kappa shape index (κ2) is 12.7. The molecule has 0 saturated heterocycles. The van der Waals surface area contributed by atoms with Crippen molar-refractivity contribution < 1.29 is 30.0 Å². The summed E-state index contributed by atoms with van der Waals surface area (Å²) >= 11 is 0. The Morgan fingerprint density at radius 3 is 2.07 bits per heavy atom. The number of allylic oxidation sites excluding steroid dienone is 2. The van der Waals surface area contributed by atoms with Gasteiger partial charge in [0.05, 0.1) is 0 Å². The van der Waals surface area contributed by atoms with Crippen LogP contribution in [0.5, 0.6) is 0 Å². The minimum atomic E-state index is -0.417. The maximum absolute atomic E-state index is 11.5. The average molecular weight is 739 g/mol. The van der Waals surface area contributed by atoms with Crippen LogP contribution in [0.2, 0.25) is 0 Å². The molecule has 1 aromatic heterocycles. The summed E-state index contributed by atoms with van der Waals surface area (Å²) < 4.78 is 0. The van der Waals surface area contributed by atoms with Gasteiger partial charge in [0.2, 0.25) is 0 Å². The first kappa shape index (κ1) is 33.4. The van der Waals surface area contributed by atoms with Gasteiger partial charge >= 0.3 is 0 Å². The smallest absolute Gasteiger partial charge is 0.164 e. The monoisotopic (exact) mass is 739 g/mol. The Morgan fingerprint density at radius 1 is 0.810 bits per heavy atom. The van der Waals surface area contributed by atoms with Crippen molar-refractivity contribution in [2.45, 2.75) is 80.6 Å². The molecule has 0 unspecified atom stereocenters. The predicted molar refractivity (Wildman–Crippen MR) is 172 cm³/mol. The molecule has 0 atom stereocenters. The van der Waals surface area contributed by atoms with E-state index in [4.69, 9.17) is 4.98 Å². The fourth-order valence-corrected chi connectivity index (χ4v) is 4.90. The zero-order chi connectivity index (χ0) is 30.2. The van der Waals surface area contributed by atoms with Crippen molar-refractivity contribution in [3.8, 4) is 22.4 Å². The van der Waals surface area contributed by atoms with Crippen molar-refractivity contribution in [1.82, 2.24) is 4.98 Å². The fourth-order valence-electron chi connectivity index (χ4n) is 4.90. The number of hydrogen-bond donors (Lipinski definition) is 1. The van der Waals surface area contributed by atoms with Crippen molar-refractivity contribution in [1.29, 1.82) is 0 Å². The zero-order valence-corrected chi connectivity index (χ0v) is 28.9. The van der Waals surface area contributed by atoms with Gasteiger partial charge in [0, 0.05) is 48.9 Å². The average Bonchev–Trinajstić information content (AvgIpc) is 2.90. The molecule has 1 radical (unpaired) electrons. The summed E-state index contributed by atoms with van der Waals surface area (Å²) in [6.45, 7) is 17.9. The molecule has 4 aromatic rings. The third kappa shape index (κ3) is 7.65. The Hall–Kier alpha value is -3.07. The number of nitrogens with zero attached hydrogens (tertiary/aromatic N) is 1. The molecule has 0 aliphatic heterocycles. The third-order valence-corrected chi connectivity index (χ3v) is 7.59. The number of aliphatic hydroxyl groups is 1. The standard InChI is InChI=1S/C27H24N.C11H20O2.Ir/c1-27(2,3)25-15-21(14-19-9-5-7-11-23(19)25)26-16-24-20(17-28-26)13-12-18-8-4-6-10-22(18)24;1-10(2,3)8(12)7-9(13)11(4,5)6;/h4-11,15-17H,12-13H2,1-3H3;7,12H,1-6H3;/q-1;;/b;8-7-;. The Balaban J connectivity index is 0.000000297. The molecule has 42 heavy (non-hydrogen) atoms. The summed E-state index contributed by atoms with van der Waals surface area (Å²) in [5.74, 6) is 0.104. The number of hydrogen-bond acceptors (Lipinski definition) is 3. The number of aryl methyl sites for hydroxylation is 2. The molecule has 0 spiro atoms. The van der Waals surface area contributed by atoms with Crippen molar-refractivity contribution in [3.05, 3.63) is 101 Å². The van der Waals surface area contributed by atoms with Crippen LogP contribution in [-0.4, -0.2) is 15.9 Å². The van der Waals surface area contributed by atoms with Gasteiger partial charge in [-0.2, -0.15) is 0 Å². The van der Waals surface area contributed by atoms with Gasteiger partial charge in [-0.1, -0.05) is 122 Å². The summed E-state index contributed by atoms with van der Waals surface area (Å²) in [7, 11) is 0. The van der Waals surface area contributed by atoms with E-state index in [-0.39, 0.29) is 42.5 Å². The van der Waals surface area contributed by atoms with Crippen LogP contribution < -0.4 is 0 Å². The van der Waals surface area contributed by atoms with Gasteiger partial charge in [-0.05, 0) is 40.5 Å². The van der Waals surface area contributed by atoms with Gasteiger partial charge in [0.15, 0.2) is 5.78 Å². The molecule has 0 bridgehead atoms. The second-order valence-corrected chi connectivity index (χ2v) is 14.2. The summed E-state index contributed by atoms with van der Waals surface area (Å²) in [6, 6.07) is 25.5. The quantitative estimate of drug-likeness (QED) is 0.127. The van der Waals surface area contributed by atoms with Crippen LogP contribution in [0.1, 0.15) is 79.0 Å². The third-order valence-electron chi connectivity index (χ3n) is 7.59. The molecule has 0 amide bonds. The molecular formula is C38H44IrNO2-. The van der Waals surface area contributed by atoms with E-state index in [2.05, 4.69) is 93.7 Å². The van der Waals surface area contributed by atoms with E-state index < -0.39 is 5.41 Å². The predicted octanol–water partition coefficient (Wildman–Crippen LogP) is 9.85. The van der Waals surface area contributed by atoms with Crippen molar-refractivity contribution >= 4 is 16.6 Å². The summed E-state index contributed by atoms with van der Waals surface area (Å²) in [6.07, 6.45) is 5.56. The minimum absolute atomic E-state index is 0. The molecule has 4 heteroatoms. The van der Waals surface area contributed by atoms with E-state index in [0.29, 0.717) is 0 Å². The number of carbonyl (C=O) groups is 1. The second-order valence-electron chi connectivity index (χ2n) is 14.2. The van der Waals surface area contributed by atoms with E-state index in [1.54, 1.807) is 0 Å². The Labute approximate surface area is 265 Å². The SMILES string of the molecule is CC(C)(C)C(=O)/C=C(\O)C(C)(C)C.CC(C)(C)c1cc(-c2cc3c(cn2)CCc2ccccc2-3)[c-]c2ccccc12.[Ir]. The number of fused-ring (bicyclic) bond motifs is 4. The largest absolute Gasteiger partial charge is 0.512 e. The minimum Gasteiger partial charge on any atom is -0.512 e. The van der Waals surface area contributed by atoms with Gasteiger partial charge < -0.3 is 5.11 Å². The Morgan fingerprint density at radius 2 is 1.43 bits per heavy atom. The van der Waals surface area contributed by atoms with Crippen LogP contribution in [0.4, 0.5) is 0 Å². The van der Waals surface area contributed by atoms with E-state index in [1.165, 1.54) is 39.3 Å². The van der Waals surface area contributed by atoms with Gasteiger partial charge in [0.25, 0.3) is 0 Å². The van der Waals surface area contributed by atoms with Crippen molar-refractivity contribution in [2.24, 2.45) is 10.8 Å². The van der Waals surface area contributed by atoms with E-state index in [1.807, 2.05) is 41.5 Å². The maximum atomic E-state index is 11.5. The summed E-state index contributed by atoms with van der Waals surface area (Å²) in [5.41, 5.74) is 8.18. The number of aliphatic hydroxyl groups excluding tert-OH is 1. The molecule has 5 rings (SSSR count). The molecule has 3 aromatic carbocycles. The van der Waals surface area contributed by atoms with Crippen LogP contribution in [0.3, 0.4) is 0 Å². The van der Waals surface area contributed by atoms with Gasteiger partial charge in [-0.3, -0.25) is 9.78 Å². The fraction of sp³-hybridized carbons (Fsp3) is 0.368. The van der Waals surface area contributed by atoms with E-state index >= 15 is 0 Å². The van der Waals surface area contributed by atoms with E-state index in [9.17, 15) is 9.90 Å². The molecule has 1 heterocycles. The first-order valence-corrected chi connectivity index (χ1v) is 14.5. The van der Waals surface area contributed by atoms with Crippen molar-refractivity contribution in [3.63, 3.8) is 0 Å². The number of ketones is 1. The van der Waals surface area contributed by atoms with Crippen LogP contribution >= 0.6 is 0 Å². The maximum Gasteiger partial charge on any atom is 0.164 e. The van der Waals surface area contributed by atoms with E-state index in [0.717, 1.165) is 29.5 Å². The normalized spacial score (nSPS) is 13.3. The molecular weight excluding hydrogens is 695 g/mol. The number of benzene rings is 3. The number of carbonyl (C=O) groups excluding carboxylic acids is 1. The number of aromatic nitrogens is 1. The molecule has 1 aliphatic rings. The molecule has 223 valence electrons. The molecule has 0 saturated carbocycles. The van der Waals surface area contributed by atoms with Gasteiger partial charge in [-0.25, -0.2) is 0 Å².